The van der Waals surface area contributed by atoms with Crippen molar-refractivity contribution in [1.82, 2.24) is 5.32 Å². The Balaban J connectivity index is 1.68. The fraction of sp³-hybridized carbons (Fsp3) is 0.588. The number of aliphatic hydroxyl groups is 1. The summed E-state index contributed by atoms with van der Waals surface area (Å²) in [5.41, 5.74) is 0.247. The van der Waals surface area contributed by atoms with Crippen LogP contribution in [0.1, 0.15) is 56.9 Å². The van der Waals surface area contributed by atoms with Crippen molar-refractivity contribution in [2.24, 2.45) is 0 Å². The molecule has 20 heavy (non-hydrogen) atoms. The molecule has 0 spiro atoms. The zero-order valence-electron chi connectivity index (χ0n) is 11.9. The lowest BCUT2D eigenvalue weighted by atomic mass is 9.71. The second-order valence-corrected chi connectivity index (χ2v) is 6.46. The van der Waals surface area contributed by atoms with Gasteiger partial charge in [0.25, 0.3) is 0 Å². The highest BCUT2D eigenvalue weighted by molar-refractivity contribution is 5.78. The molecule has 2 aliphatic rings. The van der Waals surface area contributed by atoms with Crippen molar-refractivity contribution in [3.63, 3.8) is 0 Å². The summed E-state index contributed by atoms with van der Waals surface area (Å²) in [5, 5.41) is 13.6. The molecular weight excluding hydrogens is 250 g/mol. The topological polar surface area (TPSA) is 49.3 Å². The molecular formula is C17H23NO2. The number of carbonyl (C=O) groups is 1. The lowest BCUT2D eigenvalue weighted by Gasteiger charge is -2.43. The minimum atomic E-state index is -0.758. The summed E-state index contributed by atoms with van der Waals surface area (Å²) in [4.78, 5) is 12.3. The standard InChI is InChI=1S/C17H23NO2/c19-15(13-16(20)9-4-5-10-16)18-17(11-6-12-17)14-7-2-1-3-8-14/h1-3,7-8,20H,4-6,9-13H2,(H,18,19). The van der Waals surface area contributed by atoms with Gasteiger partial charge in [0.05, 0.1) is 17.6 Å². The van der Waals surface area contributed by atoms with E-state index >= 15 is 0 Å². The second kappa shape index (κ2) is 5.21. The Morgan fingerprint density at radius 2 is 1.70 bits per heavy atom. The lowest BCUT2D eigenvalue weighted by molar-refractivity contribution is -0.129. The molecule has 0 bridgehead atoms. The zero-order valence-corrected chi connectivity index (χ0v) is 11.9. The Labute approximate surface area is 120 Å². The first-order valence-electron chi connectivity index (χ1n) is 7.71. The average Bonchev–Trinajstić information content (AvgIpc) is 2.81. The van der Waals surface area contributed by atoms with Gasteiger partial charge in [0.2, 0.25) is 5.91 Å². The number of rotatable bonds is 4. The van der Waals surface area contributed by atoms with Crippen molar-refractivity contribution in [2.75, 3.05) is 0 Å². The largest absolute Gasteiger partial charge is 0.389 e. The Hall–Kier alpha value is -1.35. The van der Waals surface area contributed by atoms with Gasteiger partial charge in [-0.1, -0.05) is 43.2 Å². The van der Waals surface area contributed by atoms with E-state index in [1.165, 1.54) is 5.56 Å². The lowest BCUT2D eigenvalue weighted by Crippen LogP contribution is -2.52. The summed E-state index contributed by atoms with van der Waals surface area (Å²) in [6, 6.07) is 10.2. The van der Waals surface area contributed by atoms with Gasteiger partial charge in [-0.15, -0.1) is 0 Å². The van der Waals surface area contributed by atoms with Crippen molar-refractivity contribution in [1.29, 1.82) is 0 Å². The molecule has 108 valence electrons. The molecule has 0 aromatic heterocycles. The summed E-state index contributed by atoms with van der Waals surface area (Å²) >= 11 is 0. The zero-order chi connectivity index (χ0) is 14.1. The molecule has 0 atom stereocenters. The Kier molecular flexibility index (Phi) is 3.55. The van der Waals surface area contributed by atoms with Gasteiger partial charge in [0.15, 0.2) is 0 Å². The van der Waals surface area contributed by atoms with E-state index in [1.807, 2.05) is 18.2 Å². The first-order valence-corrected chi connectivity index (χ1v) is 7.71. The monoisotopic (exact) mass is 273 g/mol. The van der Waals surface area contributed by atoms with E-state index in [4.69, 9.17) is 0 Å². The molecule has 2 aliphatic carbocycles. The van der Waals surface area contributed by atoms with Gasteiger partial charge in [-0.25, -0.2) is 0 Å². The SMILES string of the molecule is O=C(CC1(O)CCCC1)NC1(c2ccccc2)CCC1. The van der Waals surface area contributed by atoms with E-state index in [0.29, 0.717) is 0 Å². The fourth-order valence-electron chi connectivity index (χ4n) is 3.59. The van der Waals surface area contributed by atoms with Gasteiger partial charge in [-0.3, -0.25) is 4.79 Å². The molecule has 1 aromatic rings. The maximum absolute atomic E-state index is 12.3. The predicted molar refractivity (Wildman–Crippen MR) is 78.1 cm³/mol. The number of carbonyl (C=O) groups excluding carboxylic acids is 1. The third kappa shape index (κ3) is 2.59. The van der Waals surface area contributed by atoms with Crippen molar-refractivity contribution in [2.45, 2.75) is 62.5 Å². The molecule has 3 heteroatoms. The molecule has 1 amide bonds. The molecule has 0 unspecified atom stereocenters. The highest BCUT2D eigenvalue weighted by atomic mass is 16.3. The smallest absolute Gasteiger partial charge is 0.223 e. The van der Waals surface area contributed by atoms with Crippen LogP contribution in [0.3, 0.4) is 0 Å². The van der Waals surface area contributed by atoms with Gasteiger partial charge in [0, 0.05) is 0 Å². The van der Waals surface area contributed by atoms with Crippen LogP contribution in [0.4, 0.5) is 0 Å². The maximum Gasteiger partial charge on any atom is 0.223 e. The van der Waals surface area contributed by atoms with Crippen molar-refractivity contribution >= 4 is 5.91 Å². The molecule has 1 aromatic carbocycles. The molecule has 0 heterocycles. The summed E-state index contributed by atoms with van der Waals surface area (Å²) in [6.45, 7) is 0. The van der Waals surface area contributed by atoms with E-state index in [9.17, 15) is 9.90 Å². The van der Waals surface area contributed by atoms with Gasteiger partial charge in [-0.2, -0.15) is 0 Å². The maximum atomic E-state index is 12.3. The third-order valence-electron chi connectivity index (χ3n) is 4.94. The van der Waals surface area contributed by atoms with Crippen molar-refractivity contribution in [3.8, 4) is 0 Å². The highest BCUT2D eigenvalue weighted by Crippen LogP contribution is 2.41. The van der Waals surface area contributed by atoms with Gasteiger partial charge in [0.1, 0.15) is 0 Å². The molecule has 3 rings (SSSR count). The number of amides is 1. The summed E-state index contributed by atoms with van der Waals surface area (Å²) in [6.07, 6.45) is 7.00. The van der Waals surface area contributed by atoms with E-state index in [2.05, 4.69) is 17.4 Å². The van der Waals surface area contributed by atoms with E-state index in [-0.39, 0.29) is 17.9 Å². The van der Waals surface area contributed by atoms with Crippen LogP contribution in [-0.4, -0.2) is 16.6 Å². The number of benzene rings is 1. The van der Waals surface area contributed by atoms with Crippen LogP contribution in [0.2, 0.25) is 0 Å². The molecule has 0 aliphatic heterocycles. The molecule has 2 N–H and O–H groups in total. The fourth-order valence-corrected chi connectivity index (χ4v) is 3.59. The van der Waals surface area contributed by atoms with Crippen molar-refractivity contribution < 1.29 is 9.90 Å². The first-order chi connectivity index (χ1) is 9.62. The third-order valence-corrected chi connectivity index (χ3v) is 4.94. The van der Waals surface area contributed by atoms with Crippen LogP contribution < -0.4 is 5.32 Å². The Morgan fingerprint density at radius 3 is 2.25 bits per heavy atom. The molecule has 0 saturated heterocycles. The van der Waals surface area contributed by atoms with E-state index in [0.717, 1.165) is 44.9 Å². The van der Waals surface area contributed by atoms with Crippen LogP contribution in [0.25, 0.3) is 0 Å². The number of nitrogens with one attached hydrogen (secondary N) is 1. The summed E-state index contributed by atoms with van der Waals surface area (Å²) in [5.74, 6) is -0.00190. The Morgan fingerprint density at radius 1 is 1.05 bits per heavy atom. The van der Waals surface area contributed by atoms with Crippen LogP contribution >= 0.6 is 0 Å². The van der Waals surface area contributed by atoms with Crippen LogP contribution in [0, 0.1) is 0 Å². The molecule has 3 nitrogen and oxygen atoms in total. The first kappa shape index (κ1) is 13.6. The Bertz CT molecular complexity index is 473. The number of hydrogen-bond acceptors (Lipinski definition) is 2. The average molecular weight is 273 g/mol. The van der Waals surface area contributed by atoms with Crippen LogP contribution in [0.5, 0.6) is 0 Å². The normalized spacial score (nSPS) is 23.1. The molecule has 2 fully saturated rings. The van der Waals surface area contributed by atoms with Crippen LogP contribution in [0.15, 0.2) is 30.3 Å². The van der Waals surface area contributed by atoms with Gasteiger partial charge in [-0.05, 0) is 37.7 Å². The van der Waals surface area contributed by atoms with E-state index in [1.54, 1.807) is 0 Å². The second-order valence-electron chi connectivity index (χ2n) is 6.46. The van der Waals surface area contributed by atoms with Gasteiger partial charge < -0.3 is 10.4 Å². The number of hydrogen-bond donors (Lipinski definition) is 2. The highest BCUT2D eigenvalue weighted by Gasteiger charge is 2.41. The minimum Gasteiger partial charge on any atom is -0.389 e. The predicted octanol–water partition coefficient (Wildman–Crippen LogP) is 2.88. The summed E-state index contributed by atoms with van der Waals surface area (Å²) in [7, 11) is 0. The summed E-state index contributed by atoms with van der Waals surface area (Å²) < 4.78 is 0. The molecule has 0 radical (unpaired) electrons. The minimum absolute atomic E-state index is 0.00190. The van der Waals surface area contributed by atoms with E-state index < -0.39 is 5.60 Å². The van der Waals surface area contributed by atoms with Gasteiger partial charge >= 0.3 is 0 Å². The quantitative estimate of drug-likeness (QED) is 0.886. The van der Waals surface area contributed by atoms with Crippen LogP contribution in [-0.2, 0) is 10.3 Å². The molecule has 2 saturated carbocycles. The van der Waals surface area contributed by atoms with Crippen molar-refractivity contribution in [3.05, 3.63) is 35.9 Å².